The molecule has 2 nitrogen and oxygen atoms in total. The first-order valence-corrected chi connectivity index (χ1v) is 23.8. The number of hydrogen-bond donors (Lipinski definition) is 0. The zero-order valence-electron chi connectivity index (χ0n) is 37.4. The van der Waals surface area contributed by atoms with Gasteiger partial charge in [-0.3, -0.25) is 0 Å². The molecule has 0 radical (unpaired) electrons. The average molecular weight is 877 g/mol. The molecule has 0 saturated carbocycles. The highest BCUT2D eigenvalue weighted by Crippen LogP contribution is 2.58. The molecule has 0 N–H and O–H groups in total. The lowest BCUT2D eigenvalue weighted by Gasteiger charge is -2.34. The number of rotatable bonds is 5. The summed E-state index contributed by atoms with van der Waals surface area (Å²) in [4.78, 5) is 0. The van der Waals surface area contributed by atoms with Gasteiger partial charge in [0.15, 0.2) is 0 Å². The molecule has 15 rings (SSSR count). The highest BCUT2D eigenvalue weighted by molar-refractivity contribution is 6.26. The number of para-hydroxylation sites is 1. The van der Waals surface area contributed by atoms with Crippen LogP contribution in [0.2, 0.25) is 0 Å². The van der Waals surface area contributed by atoms with E-state index in [0.29, 0.717) is 0 Å². The largest absolute Gasteiger partial charge is 0.456 e. The summed E-state index contributed by atoms with van der Waals surface area (Å²) >= 11 is 0. The van der Waals surface area contributed by atoms with Gasteiger partial charge in [-0.25, -0.2) is 0 Å². The first-order valence-electron chi connectivity index (χ1n) is 23.8. The highest BCUT2D eigenvalue weighted by atomic mass is 16.3. The van der Waals surface area contributed by atoms with Crippen molar-refractivity contribution in [1.82, 2.24) is 0 Å². The third kappa shape index (κ3) is 5.49. The van der Waals surface area contributed by atoms with Crippen molar-refractivity contribution in [1.29, 1.82) is 0 Å². The fourth-order valence-corrected chi connectivity index (χ4v) is 12.1. The van der Waals surface area contributed by atoms with Gasteiger partial charge in [0.2, 0.25) is 0 Å². The molecule has 12 aromatic carbocycles. The molecule has 0 amide bonds. The molecule has 0 unspecified atom stereocenters. The van der Waals surface area contributed by atoms with Crippen LogP contribution in [0.5, 0.6) is 0 Å². The first-order chi connectivity index (χ1) is 34.2. The summed E-state index contributed by atoms with van der Waals surface area (Å²) in [5.74, 6) is 0. The molecule has 0 aliphatic heterocycles. The maximum Gasteiger partial charge on any atom is 0.136 e. The Morgan fingerprint density at radius 3 is 1.35 bits per heavy atom. The Bertz CT molecular complexity index is 4340. The lowest BCUT2D eigenvalue weighted by Crippen LogP contribution is -2.28. The van der Waals surface area contributed by atoms with E-state index in [4.69, 9.17) is 8.83 Å². The zero-order chi connectivity index (χ0) is 45.2. The van der Waals surface area contributed by atoms with Gasteiger partial charge < -0.3 is 8.83 Å². The van der Waals surface area contributed by atoms with Gasteiger partial charge in [0, 0.05) is 21.5 Å². The molecule has 1 aliphatic rings. The molecule has 2 heteroatoms. The van der Waals surface area contributed by atoms with E-state index in [9.17, 15) is 0 Å². The predicted octanol–water partition coefficient (Wildman–Crippen LogP) is 18.3. The normalized spacial score (nSPS) is 13.0. The van der Waals surface area contributed by atoms with Gasteiger partial charge in [-0.1, -0.05) is 188 Å². The van der Waals surface area contributed by atoms with Gasteiger partial charge >= 0.3 is 0 Å². The molecular formula is C67H40O2. The zero-order valence-corrected chi connectivity index (χ0v) is 37.4. The topological polar surface area (TPSA) is 26.3 Å². The Kier molecular flexibility index (Phi) is 8.02. The summed E-state index contributed by atoms with van der Waals surface area (Å²) in [6.45, 7) is 0. The monoisotopic (exact) mass is 876 g/mol. The smallest absolute Gasteiger partial charge is 0.136 e. The number of benzene rings is 12. The van der Waals surface area contributed by atoms with Gasteiger partial charge in [0.1, 0.15) is 22.3 Å². The van der Waals surface area contributed by atoms with Crippen molar-refractivity contribution < 1.29 is 8.83 Å². The van der Waals surface area contributed by atoms with E-state index in [1.807, 2.05) is 12.1 Å². The third-order valence-corrected chi connectivity index (χ3v) is 15.1. The van der Waals surface area contributed by atoms with Gasteiger partial charge in [0.05, 0.1) is 5.41 Å². The second-order valence-electron chi connectivity index (χ2n) is 18.7. The van der Waals surface area contributed by atoms with Crippen LogP contribution in [0.4, 0.5) is 0 Å². The minimum atomic E-state index is -0.508. The van der Waals surface area contributed by atoms with Gasteiger partial charge in [-0.2, -0.15) is 0 Å². The molecule has 2 heterocycles. The lowest BCUT2D eigenvalue weighted by molar-refractivity contribution is 0.664. The standard InChI is InChI=1S/C67H40O2/c1-3-16-46(17-4-1)67(47-18-5-2-6-19-47)60-27-13-11-25-55(60)66-48(26-15-28-61(66)67)45-35-43(41-30-32-53-51-22-8-7-20-49(51)50-21-9-10-23-52(50)56(53)37-41)34-44(36-45)42-31-33-63-57(38-42)59-40-64-58(39-65(59)69-63)54-24-12-14-29-62(54)68-64/h1-40H. The summed E-state index contributed by atoms with van der Waals surface area (Å²) in [5, 5.41) is 11.8. The first kappa shape index (κ1) is 38.2. The highest BCUT2D eigenvalue weighted by Gasteiger charge is 2.46. The summed E-state index contributed by atoms with van der Waals surface area (Å²) in [6, 6.07) is 89.2. The van der Waals surface area contributed by atoms with Crippen LogP contribution in [0, 0.1) is 0 Å². The Hall–Kier alpha value is -8.98. The predicted molar refractivity (Wildman–Crippen MR) is 287 cm³/mol. The molecule has 0 atom stereocenters. The van der Waals surface area contributed by atoms with E-state index in [0.717, 1.165) is 66.1 Å². The van der Waals surface area contributed by atoms with E-state index in [-0.39, 0.29) is 0 Å². The lowest BCUT2D eigenvalue weighted by atomic mass is 9.67. The number of furan rings is 2. The Morgan fingerprint density at radius 1 is 0.232 bits per heavy atom. The van der Waals surface area contributed by atoms with Crippen LogP contribution in [0.3, 0.4) is 0 Å². The summed E-state index contributed by atoms with van der Waals surface area (Å²) in [5.41, 5.74) is 17.5. The van der Waals surface area contributed by atoms with Gasteiger partial charge in [-0.15, -0.1) is 0 Å². The minimum absolute atomic E-state index is 0.508. The van der Waals surface area contributed by atoms with Crippen LogP contribution in [0.25, 0.3) is 121 Å². The Morgan fingerprint density at radius 2 is 0.681 bits per heavy atom. The summed E-state index contributed by atoms with van der Waals surface area (Å²) < 4.78 is 13.0. The van der Waals surface area contributed by atoms with Crippen LogP contribution >= 0.6 is 0 Å². The van der Waals surface area contributed by atoms with Crippen molar-refractivity contribution in [3.8, 4) is 44.5 Å². The van der Waals surface area contributed by atoms with E-state index >= 15 is 0 Å². The second-order valence-corrected chi connectivity index (χ2v) is 18.7. The fourth-order valence-electron chi connectivity index (χ4n) is 12.1. The van der Waals surface area contributed by atoms with Crippen molar-refractivity contribution in [2.45, 2.75) is 5.41 Å². The Labute approximate surface area is 397 Å². The van der Waals surface area contributed by atoms with E-state index in [1.54, 1.807) is 0 Å². The molecule has 0 saturated heterocycles. The molecular weight excluding hydrogens is 837 g/mol. The molecule has 14 aromatic rings. The van der Waals surface area contributed by atoms with Crippen molar-refractivity contribution in [3.05, 3.63) is 265 Å². The quantitative estimate of drug-likeness (QED) is 0.161. The maximum absolute atomic E-state index is 6.60. The summed E-state index contributed by atoms with van der Waals surface area (Å²) in [7, 11) is 0. The third-order valence-electron chi connectivity index (χ3n) is 15.1. The van der Waals surface area contributed by atoms with Crippen LogP contribution in [-0.4, -0.2) is 0 Å². The van der Waals surface area contributed by atoms with Gasteiger partial charge in [-0.05, 0) is 154 Å². The van der Waals surface area contributed by atoms with Crippen molar-refractivity contribution >= 4 is 76.2 Å². The van der Waals surface area contributed by atoms with Crippen LogP contribution in [-0.2, 0) is 5.41 Å². The SMILES string of the molecule is c1ccc(C2(c3ccccc3)c3ccccc3-c3c(-c4cc(-c5ccc6oc7cc8c(cc7c6c5)oc5ccccc58)cc(-c5ccc6c7ccccc7c7ccccc7c6c5)c4)cccc32)cc1. The average Bonchev–Trinajstić information content (AvgIpc) is 4.08. The van der Waals surface area contributed by atoms with Crippen LogP contribution in [0.15, 0.2) is 251 Å². The molecule has 0 spiro atoms. The molecule has 320 valence electrons. The minimum Gasteiger partial charge on any atom is -0.456 e. The van der Waals surface area contributed by atoms with Crippen LogP contribution < -0.4 is 0 Å². The number of fused-ring (bicyclic) bond motifs is 15. The second kappa shape index (κ2) is 14.5. The Balaban J connectivity index is 0.995. The van der Waals surface area contributed by atoms with Crippen LogP contribution in [0.1, 0.15) is 22.3 Å². The van der Waals surface area contributed by atoms with Gasteiger partial charge in [0.25, 0.3) is 0 Å². The van der Waals surface area contributed by atoms with Crippen molar-refractivity contribution in [2.24, 2.45) is 0 Å². The molecule has 0 bridgehead atoms. The number of hydrogen-bond acceptors (Lipinski definition) is 2. The summed E-state index contributed by atoms with van der Waals surface area (Å²) in [6.07, 6.45) is 0. The molecule has 69 heavy (non-hydrogen) atoms. The molecule has 2 aromatic heterocycles. The van der Waals surface area contributed by atoms with E-state index in [2.05, 4.69) is 231 Å². The molecule has 0 fully saturated rings. The van der Waals surface area contributed by atoms with Crippen molar-refractivity contribution in [2.75, 3.05) is 0 Å². The van der Waals surface area contributed by atoms with E-state index < -0.39 is 5.41 Å². The van der Waals surface area contributed by atoms with E-state index in [1.165, 1.54) is 76.8 Å². The molecule has 1 aliphatic carbocycles. The fraction of sp³-hybridized carbons (Fsp3) is 0.0149. The maximum atomic E-state index is 6.60. The van der Waals surface area contributed by atoms with Crippen molar-refractivity contribution in [3.63, 3.8) is 0 Å².